The number of aryl methyl sites for hydroxylation is 1. The standard InChI is InChI=1S/C20H28ClN5O4/c1-4-5-8-26-18(22)17(19(28)24-20(26)29)25(9-10-30-3)12-16(27)23-14-7-6-13(2)15(21)11-14/h6-7,11H,4-5,8-10,12,22H2,1-3H3,(H,23,27)(H,24,28,29). The second-order valence-corrected chi connectivity index (χ2v) is 7.33. The van der Waals surface area contributed by atoms with E-state index >= 15 is 0 Å². The average molecular weight is 438 g/mol. The minimum atomic E-state index is -0.646. The Morgan fingerprint density at radius 2 is 2.10 bits per heavy atom. The van der Waals surface area contributed by atoms with Gasteiger partial charge in [-0.1, -0.05) is 31.0 Å². The van der Waals surface area contributed by atoms with E-state index in [9.17, 15) is 14.4 Å². The first-order chi connectivity index (χ1) is 14.3. The molecular formula is C20H28ClN5O4. The first-order valence-electron chi connectivity index (χ1n) is 9.71. The number of carbonyl (C=O) groups excluding carboxylic acids is 1. The van der Waals surface area contributed by atoms with Crippen LogP contribution in [0.5, 0.6) is 0 Å². The molecule has 0 bridgehead atoms. The summed E-state index contributed by atoms with van der Waals surface area (Å²) in [6.45, 7) is 4.56. The Balaban J connectivity index is 2.32. The molecule has 1 heterocycles. The highest BCUT2D eigenvalue weighted by Crippen LogP contribution is 2.21. The molecule has 1 aromatic heterocycles. The number of nitrogens with one attached hydrogen (secondary N) is 2. The second kappa shape index (κ2) is 10.8. The monoisotopic (exact) mass is 437 g/mol. The number of amides is 1. The van der Waals surface area contributed by atoms with E-state index < -0.39 is 11.2 Å². The summed E-state index contributed by atoms with van der Waals surface area (Å²) >= 11 is 6.11. The van der Waals surface area contributed by atoms with Crippen molar-refractivity contribution in [2.45, 2.75) is 33.2 Å². The van der Waals surface area contributed by atoms with E-state index in [-0.39, 0.29) is 37.1 Å². The lowest BCUT2D eigenvalue weighted by Crippen LogP contribution is -2.42. The average Bonchev–Trinajstić information content (AvgIpc) is 2.68. The Morgan fingerprint density at radius 3 is 2.73 bits per heavy atom. The number of benzene rings is 1. The number of ether oxygens (including phenoxy) is 1. The molecule has 2 rings (SSSR count). The third kappa shape index (κ3) is 5.87. The van der Waals surface area contributed by atoms with Gasteiger partial charge in [0.1, 0.15) is 11.5 Å². The highest BCUT2D eigenvalue weighted by atomic mass is 35.5. The van der Waals surface area contributed by atoms with E-state index in [2.05, 4.69) is 10.3 Å². The number of anilines is 3. The quantitative estimate of drug-likeness (QED) is 0.522. The van der Waals surface area contributed by atoms with E-state index in [1.165, 1.54) is 16.6 Å². The molecule has 10 heteroatoms. The van der Waals surface area contributed by atoms with Gasteiger partial charge in [-0.05, 0) is 31.0 Å². The van der Waals surface area contributed by atoms with E-state index in [0.717, 1.165) is 18.4 Å². The summed E-state index contributed by atoms with van der Waals surface area (Å²) in [4.78, 5) is 41.1. The summed E-state index contributed by atoms with van der Waals surface area (Å²) in [6, 6.07) is 5.19. The number of aromatic nitrogens is 2. The van der Waals surface area contributed by atoms with Crippen molar-refractivity contribution in [3.63, 3.8) is 0 Å². The fourth-order valence-corrected chi connectivity index (χ4v) is 3.12. The van der Waals surface area contributed by atoms with Crippen molar-refractivity contribution in [1.82, 2.24) is 9.55 Å². The van der Waals surface area contributed by atoms with Crippen LogP contribution in [0.2, 0.25) is 5.02 Å². The predicted octanol–water partition coefficient (Wildman–Crippen LogP) is 1.97. The van der Waals surface area contributed by atoms with Gasteiger partial charge in [-0.15, -0.1) is 0 Å². The number of aromatic amines is 1. The highest BCUT2D eigenvalue weighted by molar-refractivity contribution is 6.31. The molecule has 1 aromatic carbocycles. The van der Waals surface area contributed by atoms with Crippen LogP contribution >= 0.6 is 11.6 Å². The van der Waals surface area contributed by atoms with Crippen LogP contribution in [0.25, 0.3) is 0 Å². The topological polar surface area (TPSA) is 122 Å². The summed E-state index contributed by atoms with van der Waals surface area (Å²) in [5.41, 5.74) is 6.46. The Bertz CT molecular complexity index is 1000. The molecule has 2 aromatic rings. The van der Waals surface area contributed by atoms with Crippen LogP contribution in [0.3, 0.4) is 0 Å². The molecule has 164 valence electrons. The highest BCUT2D eigenvalue weighted by Gasteiger charge is 2.21. The van der Waals surface area contributed by atoms with Crippen molar-refractivity contribution in [3.05, 3.63) is 49.6 Å². The number of nitrogens with zero attached hydrogens (tertiary/aromatic N) is 2. The largest absolute Gasteiger partial charge is 0.383 e. The van der Waals surface area contributed by atoms with Gasteiger partial charge in [0.15, 0.2) is 0 Å². The molecule has 0 aliphatic rings. The molecule has 0 saturated carbocycles. The van der Waals surface area contributed by atoms with Gasteiger partial charge in [-0.25, -0.2) is 4.79 Å². The fraction of sp³-hybridized carbons (Fsp3) is 0.450. The van der Waals surface area contributed by atoms with E-state index in [4.69, 9.17) is 22.1 Å². The second-order valence-electron chi connectivity index (χ2n) is 6.92. The number of hydrogen-bond donors (Lipinski definition) is 3. The van der Waals surface area contributed by atoms with Crippen LogP contribution in [-0.4, -0.2) is 42.3 Å². The number of methoxy groups -OCH3 is 1. The van der Waals surface area contributed by atoms with Gasteiger partial charge in [0.05, 0.1) is 13.2 Å². The summed E-state index contributed by atoms with van der Waals surface area (Å²) in [5.74, 6) is -0.337. The van der Waals surface area contributed by atoms with Crippen molar-refractivity contribution >= 4 is 34.7 Å². The Labute approximate surface area is 179 Å². The summed E-state index contributed by atoms with van der Waals surface area (Å²) in [7, 11) is 1.52. The van der Waals surface area contributed by atoms with Crippen LogP contribution in [-0.2, 0) is 16.1 Å². The van der Waals surface area contributed by atoms with Gasteiger partial charge in [-0.3, -0.25) is 19.1 Å². The predicted molar refractivity (Wildman–Crippen MR) is 120 cm³/mol. The maximum atomic E-state index is 12.6. The van der Waals surface area contributed by atoms with Crippen LogP contribution < -0.4 is 27.2 Å². The molecule has 0 aliphatic carbocycles. The number of H-pyrrole nitrogens is 1. The molecule has 0 aliphatic heterocycles. The fourth-order valence-electron chi connectivity index (χ4n) is 2.94. The lowest BCUT2D eigenvalue weighted by atomic mass is 10.2. The molecule has 9 nitrogen and oxygen atoms in total. The molecule has 1 amide bonds. The summed E-state index contributed by atoms with van der Waals surface area (Å²) < 4.78 is 6.43. The number of halogens is 1. The third-order valence-corrected chi connectivity index (χ3v) is 5.03. The van der Waals surface area contributed by atoms with Crippen LogP contribution in [0.1, 0.15) is 25.3 Å². The molecule has 4 N–H and O–H groups in total. The van der Waals surface area contributed by atoms with Gasteiger partial charge in [-0.2, -0.15) is 0 Å². The number of nitrogen functional groups attached to an aromatic ring is 1. The Kier molecular flexibility index (Phi) is 8.49. The van der Waals surface area contributed by atoms with E-state index in [1.807, 2.05) is 13.8 Å². The zero-order chi connectivity index (χ0) is 22.3. The number of hydrogen-bond acceptors (Lipinski definition) is 6. The zero-order valence-electron chi connectivity index (χ0n) is 17.5. The molecular weight excluding hydrogens is 410 g/mol. The Morgan fingerprint density at radius 1 is 1.37 bits per heavy atom. The first-order valence-corrected chi connectivity index (χ1v) is 10.1. The number of carbonyl (C=O) groups is 1. The minimum absolute atomic E-state index is 0.0273. The molecule has 0 atom stereocenters. The van der Waals surface area contributed by atoms with Crippen molar-refractivity contribution in [2.24, 2.45) is 0 Å². The number of nitrogens with two attached hydrogens (primary N) is 1. The molecule has 0 fully saturated rings. The SMILES string of the molecule is CCCCn1c(N)c(N(CCOC)CC(=O)Nc2ccc(C)c(Cl)c2)c(=O)[nH]c1=O. The number of rotatable bonds is 10. The van der Waals surface area contributed by atoms with Gasteiger partial charge in [0.2, 0.25) is 5.91 Å². The van der Waals surface area contributed by atoms with Crippen LogP contribution in [0, 0.1) is 6.92 Å². The maximum Gasteiger partial charge on any atom is 0.330 e. The minimum Gasteiger partial charge on any atom is -0.383 e. The maximum absolute atomic E-state index is 12.6. The molecule has 0 saturated heterocycles. The molecule has 0 spiro atoms. The number of unbranched alkanes of at least 4 members (excludes halogenated alkanes) is 1. The van der Waals surface area contributed by atoms with Gasteiger partial charge < -0.3 is 20.7 Å². The van der Waals surface area contributed by atoms with Gasteiger partial charge >= 0.3 is 5.69 Å². The van der Waals surface area contributed by atoms with Crippen LogP contribution in [0.4, 0.5) is 17.2 Å². The lowest BCUT2D eigenvalue weighted by molar-refractivity contribution is -0.115. The summed E-state index contributed by atoms with van der Waals surface area (Å²) in [6.07, 6.45) is 1.58. The van der Waals surface area contributed by atoms with Crippen LogP contribution in [0.15, 0.2) is 27.8 Å². The van der Waals surface area contributed by atoms with Crippen molar-refractivity contribution in [3.8, 4) is 0 Å². The Hall–Kier alpha value is -2.78. The van der Waals surface area contributed by atoms with Crippen molar-refractivity contribution in [1.29, 1.82) is 0 Å². The van der Waals surface area contributed by atoms with Gasteiger partial charge in [0, 0.05) is 30.9 Å². The van der Waals surface area contributed by atoms with E-state index in [0.29, 0.717) is 17.3 Å². The molecule has 0 unspecified atom stereocenters. The first kappa shape index (κ1) is 23.5. The summed E-state index contributed by atoms with van der Waals surface area (Å²) in [5, 5.41) is 3.29. The normalized spacial score (nSPS) is 10.8. The zero-order valence-corrected chi connectivity index (χ0v) is 18.2. The van der Waals surface area contributed by atoms with Crippen molar-refractivity contribution < 1.29 is 9.53 Å². The van der Waals surface area contributed by atoms with Gasteiger partial charge in [0.25, 0.3) is 5.56 Å². The molecule has 0 radical (unpaired) electrons. The smallest absolute Gasteiger partial charge is 0.330 e. The third-order valence-electron chi connectivity index (χ3n) is 4.62. The van der Waals surface area contributed by atoms with E-state index in [1.54, 1.807) is 18.2 Å². The molecule has 30 heavy (non-hydrogen) atoms. The lowest BCUT2D eigenvalue weighted by Gasteiger charge is -2.25. The van der Waals surface area contributed by atoms with Crippen molar-refractivity contribution in [2.75, 3.05) is 42.8 Å².